The number of para-hydroxylation sites is 2. The van der Waals surface area contributed by atoms with Gasteiger partial charge in [0.25, 0.3) is 5.91 Å². The Labute approximate surface area is 167 Å². The van der Waals surface area contributed by atoms with Gasteiger partial charge >= 0.3 is 5.97 Å². The average molecular weight is 385 g/mol. The van der Waals surface area contributed by atoms with Crippen LogP contribution in [0.15, 0.2) is 78.9 Å². The molecule has 1 aromatic heterocycles. The zero-order valence-electron chi connectivity index (χ0n) is 15.8. The number of fused-ring (bicyclic) bond motifs is 1. The van der Waals surface area contributed by atoms with Crippen LogP contribution in [0.5, 0.6) is 0 Å². The Morgan fingerprint density at radius 1 is 0.931 bits per heavy atom. The first-order valence-electron chi connectivity index (χ1n) is 9.23. The summed E-state index contributed by atoms with van der Waals surface area (Å²) in [5, 5.41) is 10.3. The number of esters is 1. The lowest BCUT2D eigenvalue weighted by molar-refractivity contribution is -0.123. The highest BCUT2D eigenvalue weighted by molar-refractivity contribution is 6.04. The highest BCUT2D eigenvalue weighted by Crippen LogP contribution is 2.27. The molecule has 2 N–H and O–H groups in total. The van der Waals surface area contributed by atoms with Crippen molar-refractivity contribution in [3.63, 3.8) is 0 Å². The summed E-state index contributed by atoms with van der Waals surface area (Å²) < 4.78 is 5.35. The minimum atomic E-state index is -0.984. The molecule has 1 amide bonds. The zero-order chi connectivity index (χ0) is 20.2. The molecule has 0 saturated heterocycles. The van der Waals surface area contributed by atoms with Gasteiger partial charge in [0.1, 0.15) is 0 Å². The van der Waals surface area contributed by atoms with Crippen LogP contribution < -0.4 is 5.32 Å². The molecule has 0 spiro atoms. The largest absolute Gasteiger partial charge is 0.448 e. The Morgan fingerprint density at radius 3 is 2.45 bits per heavy atom. The van der Waals surface area contributed by atoms with E-state index < -0.39 is 18.0 Å². The number of nitrogens with zero attached hydrogens (tertiary/aromatic N) is 1. The summed E-state index contributed by atoms with van der Waals surface area (Å²) in [5.74, 6) is -1.07. The number of carbonyl (C=O) groups is 2. The summed E-state index contributed by atoms with van der Waals surface area (Å²) in [6.45, 7) is 1.53. The number of nitrogens with one attached hydrogen (secondary N) is 2. The molecule has 1 atom stereocenters. The van der Waals surface area contributed by atoms with Crippen LogP contribution in [0.3, 0.4) is 0 Å². The molecular formula is C23H19N3O3. The third-order valence-electron chi connectivity index (χ3n) is 4.59. The van der Waals surface area contributed by atoms with Crippen LogP contribution >= 0.6 is 0 Å². The maximum Gasteiger partial charge on any atom is 0.360 e. The standard InChI is InChI=1S/C23H19N3O3/c1-15(29-23(28)21-18-12-6-8-14-20(18)25-26-21)22(27)24-19-13-7-5-11-17(19)16-9-3-2-4-10-16/h2-15H,1H3,(H,24,27)(H,25,26)/t15-/m0/s1. The van der Waals surface area contributed by atoms with Gasteiger partial charge < -0.3 is 10.1 Å². The summed E-state index contributed by atoms with van der Waals surface area (Å²) >= 11 is 0. The van der Waals surface area contributed by atoms with Crippen molar-refractivity contribution in [2.75, 3.05) is 5.32 Å². The van der Waals surface area contributed by atoms with Crippen LogP contribution in [0.1, 0.15) is 17.4 Å². The van der Waals surface area contributed by atoms with Gasteiger partial charge in [0.15, 0.2) is 11.8 Å². The van der Waals surface area contributed by atoms with Crippen molar-refractivity contribution in [2.24, 2.45) is 0 Å². The van der Waals surface area contributed by atoms with Crippen molar-refractivity contribution < 1.29 is 14.3 Å². The molecule has 0 saturated carbocycles. The molecule has 6 nitrogen and oxygen atoms in total. The highest BCUT2D eigenvalue weighted by Gasteiger charge is 2.23. The Hall–Kier alpha value is -3.93. The fourth-order valence-corrected chi connectivity index (χ4v) is 3.08. The molecule has 29 heavy (non-hydrogen) atoms. The molecule has 4 rings (SSSR count). The van der Waals surface area contributed by atoms with Gasteiger partial charge in [-0.15, -0.1) is 0 Å². The molecule has 4 aromatic rings. The SMILES string of the molecule is C[C@H](OC(=O)c1n[nH]c2ccccc12)C(=O)Nc1ccccc1-c1ccccc1. The number of ether oxygens (including phenoxy) is 1. The lowest BCUT2D eigenvalue weighted by atomic mass is 10.0. The summed E-state index contributed by atoms with van der Waals surface area (Å²) in [7, 11) is 0. The normalized spacial score (nSPS) is 11.8. The predicted octanol–water partition coefficient (Wildman–Crippen LogP) is 4.41. The number of H-pyrrole nitrogens is 1. The van der Waals surface area contributed by atoms with E-state index >= 15 is 0 Å². The van der Waals surface area contributed by atoms with Gasteiger partial charge in [-0.25, -0.2) is 4.79 Å². The van der Waals surface area contributed by atoms with Crippen LogP contribution in [0.4, 0.5) is 5.69 Å². The Morgan fingerprint density at radius 2 is 1.62 bits per heavy atom. The van der Waals surface area contributed by atoms with E-state index in [4.69, 9.17) is 4.74 Å². The van der Waals surface area contributed by atoms with Crippen molar-refractivity contribution >= 4 is 28.5 Å². The quantitative estimate of drug-likeness (QED) is 0.498. The minimum absolute atomic E-state index is 0.157. The maximum atomic E-state index is 12.6. The molecule has 0 aliphatic rings. The van der Waals surface area contributed by atoms with Gasteiger partial charge in [-0.3, -0.25) is 9.89 Å². The first-order chi connectivity index (χ1) is 14.1. The van der Waals surface area contributed by atoms with Crippen molar-refractivity contribution in [3.8, 4) is 11.1 Å². The monoisotopic (exact) mass is 385 g/mol. The van der Waals surface area contributed by atoms with Crippen molar-refractivity contribution in [2.45, 2.75) is 13.0 Å². The summed E-state index contributed by atoms with van der Waals surface area (Å²) in [6.07, 6.45) is -0.984. The Balaban J connectivity index is 1.49. The summed E-state index contributed by atoms with van der Waals surface area (Å²) in [4.78, 5) is 25.1. The van der Waals surface area contributed by atoms with E-state index in [9.17, 15) is 9.59 Å². The smallest absolute Gasteiger partial charge is 0.360 e. The number of aromatic amines is 1. The van der Waals surface area contributed by atoms with Crippen LogP contribution in [0.2, 0.25) is 0 Å². The van der Waals surface area contributed by atoms with E-state index in [2.05, 4.69) is 15.5 Å². The molecule has 3 aromatic carbocycles. The zero-order valence-corrected chi connectivity index (χ0v) is 15.8. The van der Waals surface area contributed by atoms with Gasteiger partial charge in [0.05, 0.1) is 5.52 Å². The molecule has 0 unspecified atom stereocenters. The van der Waals surface area contributed by atoms with E-state index in [0.717, 1.165) is 16.6 Å². The molecule has 144 valence electrons. The van der Waals surface area contributed by atoms with Gasteiger partial charge in [-0.1, -0.05) is 66.7 Å². The maximum absolute atomic E-state index is 12.6. The fourth-order valence-electron chi connectivity index (χ4n) is 3.08. The van der Waals surface area contributed by atoms with E-state index in [1.54, 1.807) is 6.07 Å². The van der Waals surface area contributed by atoms with E-state index in [1.807, 2.05) is 72.8 Å². The molecule has 6 heteroatoms. The van der Waals surface area contributed by atoms with Crippen molar-refractivity contribution in [1.29, 1.82) is 0 Å². The second kappa shape index (κ2) is 7.98. The number of benzene rings is 3. The third-order valence-corrected chi connectivity index (χ3v) is 4.59. The number of hydrogen-bond donors (Lipinski definition) is 2. The minimum Gasteiger partial charge on any atom is -0.448 e. The second-order valence-corrected chi connectivity index (χ2v) is 6.57. The third kappa shape index (κ3) is 3.87. The van der Waals surface area contributed by atoms with Crippen LogP contribution in [-0.4, -0.2) is 28.2 Å². The number of aromatic nitrogens is 2. The summed E-state index contributed by atoms with van der Waals surface area (Å²) in [6, 6.07) is 24.5. The fraction of sp³-hybridized carbons (Fsp3) is 0.0870. The van der Waals surface area contributed by atoms with Gasteiger partial charge in [-0.2, -0.15) is 5.10 Å². The number of carbonyl (C=O) groups excluding carboxylic acids is 2. The van der Waals surface area contributed by atoms with E-state index in [0.29, 0.717) is 11.1 Å². The van der Waals surface area contributed by atoms with Gasteiger partial charge in [0, 0.05) is 16.6 Å². The van der Waals surface area contributed by atoms with Crippen LogP contribution in [0, 0.1) is 0 Å². The number of rotatable bonds is 5. The number of amides is 1. The number of anilines is 1. The molecule has 0 radical (unpaired) electrons. The molecular weight excluding hydrogens is 366 g/mol. The first kappa shape index (κ1) is 18.4. The van der Waals surface area contributed by atoms with Gasteiger partial charge in [-0.05, 0) is 24.6 Å². The highest BCUT2D eigenvalue weighted by atomic mass is 16.5. The molecule has 0 aliphatic heterocycles. The summed E-state index contributed by atoms with van der Waals surface area (Å²) in [5.41, 5.74) is 3.41. The molecule has 0 bridgehead atoms. The second-order valence-electron chi connectivity index (χ2n) is 6.57. The van der Waals surface area contributed by atoms with Crippen LogP contribution in [0.25, 0.3) is 22.0 Å². The lowest BCUT2D eigenvalue weighted by Gasteiger charge is -2.15. The number of hydrogen-bond acceptors (Lipinski definition) is 4. The topological polar surface area (TPSA) is 84.1 Å². The predicted molar refractivity (Wildman–Crippen MR) is 111 cm³/mol. The van der Waals surface area contributed by atoms with Crippen molar-refractivity contribution in [1.82, 2.24) is 10.2 Å². The van der Waals surface area contributed by atoms with Crippen molar-refractivity contribution in [3.05, 3.63) is 84.6 Å². The Kier molecular flexibility index (Phi) is 5.07. The van der Waals surface area contributed by atoms with E-state index in [1.165, 1.54) is 6.92 Å². The van der Waals surface area contributed by atoms with Crippen LogP contribution in [-0.2, 0) is 9.53 Å². The molecule has 0 fully saturated rings. The average Bonchev–Trinajstić information content (AvgIpc) is 3.19. The lowest BCUT2D eigenvalue weighted by Crippen LogP contribution is -2.30. The molecule has 1 heterocycles. The molecule has 0 aliphatic carbocycles. The first-order valence-corrected chi connectivity index (χ1v) is 9.23. The van der Waals surface area contributed by atoms with E-state index in [-0.39, 0.29) is 5.69 Å². The van der Waals surface area contributed by atoms with Gasteiger partial charge in [0.2, 0.25) is 0 Å². The Bertz CT molecular complexity index is 1170.